The van der Waals surface area contributed by atoms with Gasteiger partial charge in [0.05, 0.1) is 21.3 Å². The highest BCUT2D eigenvalue weighted by atomic mass is 35.5. The zero-order valence-electron chi connectivity index (χ0n) is 15.8. The Kier molecular flexibility index (Phi) is 8.57. The fourth-order valence-electron chi connectivity index (χ4n) is 2.51. The van der Waals surface area contributed by atoms with Crippen molar-refractivity contribution in [1.29, 1.82) is 0 Å². The van der Waals surface area contributed by atoms with Gasteiger partial charge in [0, 0.05) is 12.2 Å². The van der Waals surface area contributed by atoms with Crippen molar-refractivity contribution in [2.45, 2.75) is 13.8 Å². The molecule has 0 radical (unpaired) electrons. The highest BCUT2D eigenvalue weighted by molar-refractivity contribution is 6.42. The summed E-state index contributed by atoms with van der Waals surface area (Å²) in [6.07, 6.45) is 0. The number of esters is 1. The molecule has 6 nitrogen and oxygen atoms in total. The number of carbonyl (C=O) groups excluding carboxylic acids is 2. The van der Waals surface area contributed by atoms with Gasteiger partial charge < -0.3 is 20.3 Å². The van der Waals surface area contributed by atoms with Gasteiger partial charge in [0.25, 0.3) is 0 Å². The Morgan fingerprint density at radius 3 is 2.39 bits per heavy atom. The number of amides is 2. The first-order valence-electron chi connectivity index (χ1n) is 8.96. The van der Waals surface area contributed by atoms with Gasteiger partial charge in [-0.05, 0) is 43.4 Å². The maximum atomic E-state index is 12.4. The number of ether oxygens (including phenoxy) is 1. The van der Waals surface area contributed by atoms with Crippen molar-refractivity contribution in [2.24, 2.45) is 0 Å². The lowest BCUT2D eigenvalue weighted by atomic mass is 10.2. The van der Waals surface area contributed by atoms with Crippen LogP contribution in [0.25, 0.3) is 0 Å². The summed E-state index contributed by atoms with van der Waals surface area (Å²) in [4.78, 5) is 26.8. The van der Waals surface area contributed by atoms with Crippen LogP contribution in [0.2, 0.25) is 10.0 Å². The van der Waals surface area contributed by atoms with Crippen molar-refractivity contribution in [1.82, 2.24) is 4.90 Å². The van der Waals surface area contributed by atoms with E-state index in [4.69, 9.17) is 27.9 Å². The molecule has 0 heterocycles. The molecule has 8 heteroatoms. The smallest absolute Gasteiger partial charge is 0.340 e. The number of benzene rings is 2. The van der Waals surface area contributed by atoms with Gasteiger partial charge in [-0.3, -0.25) is 0 Å². The zero-order chi connectivity index (χ0) is 20.5. The Bertz CT molecular complexity index is 826. The number of rotatable bonds is 8. The van der Waals surface area contributed by atoms with Gasteiger partial charge in [-0.1, -0.05) is 49.2 Å². The number of anilines is 2. The summed E-state index contributed by atoms with van der Waals surface area (Å²) in [6.45, 7) is 6.83. The molecule has 0 unspecified atom stereocenters. The molecular weight excluding hydrogens is 401 g/mol. The van der Waals surface area contributed by atoms with Crippen LogP contribution in [0.15, 0.2) is 42.5 Å². The van der Waals surface area contributed by atoms with Gasteiger partial charge in [0.15, 0.2) is 0 Å². The summed E-state index contributed by atoms with van der Waals surface area (Å²) in [6, 6.07) is 10.9. The molecule has 28 heavy (non-hydrogen) atoms. The van der Waals surface area contributed by atoms with Crippen molar-refractivity contribution in [3.63, 3.8) is 0 Å². The first-order valence-corrected chi connectivity index (χ1v) is 9.71. The first kappa shape index (κ1) is 22.0. The third-order valence-corrected chi connectivity index (χ3v) is 4.85. The molecule has 0 aromatic heterocycles. The summed E-state index contributed by atoms with van der Waals surface area (Å²) in [5.74, 6) is -0.488. The average Bonchev–Trinajstić information content (AvgIpc) is 2.68. The molecule has 2 N–H and O–H groups in total. The second kappa shape index (κ2) is 10.9. The number of carbonyl (C=O) groups is 2. The normalized spacial score (nSPS) is 10.6. The maximum Gasteiger partial charge on any atom is 0.340 e. The van der Waals surface area contributed by atoms with Gasteiger partial charge in [0.2, 0.25) is 0 Å². The van der Waals surface area contributed by atoms with E-state index in [1.54, 1.807) is 36.4 Å². The Labute approximate surface area is 174 Å². The highest BCUT2D eigenvalue weighted by Crippen LogP contribution is 2.25. The van der Waals surface area contributed by atoms with E-state index in [1.165, 1.54) is 6.07 Å². The van der Waals surface area contributed by atoms with Crippen LogP contribution in [0, 0.1) is 0 Å². The lowest BCUT2D eigenvalue weighted by Crippen LogP contribution is -2.28. The zero-order valence-corrected chi connectivity index (χ0v) is 17.3. The summed E-state index contributed by atoms with van der Waals surface area (Å²) >= 11 is 11.8. The van der Waals surface area contributed by atoms with Gasteiger partial charge in [-0.2, -0.15) is 0 Å². The summed E-state index contributed by atoms with van der Waals surface area (Å²) in [7, 11) is 0. The average molecular weight is 424 g/mol. The number of halogens is 2. The number of para-hydroxylation sites is 1. The van der Waals surface area contributed by atoms with Crippen LogP contribution in [0.3, 0.4) is 0 Å². The quantitative estimate of drug-likeness (QED) is 0.576. The standard InChI is InChI=1S/C20H23Cl2N3O3/c1-3-25(4-2)11-12-28-19(26)15-7-5-6-8-18(15)24-20(27)23-14-9-10-16(21)17(22)13-14/h5-10,13H,3-4,11-12H2,1-2H3,(H2,23,24,27). The molecule has 0 bridgehead atoms. The number of urea groups is 1. The topological polar surface area (TPSA) is 70.7 Å². The predicted octanol–water partition coefficient (Wildman–Crippen LogP) is 5.14. The predicted molar refractivity (Wildman–Crippen MR) is 114 cm³/mol. The van der Waals surface area contributed by atoms with E-state index in [0.29, 0.717) is 28.0 Å². The minimum Gasteiger partial charge on any atom is -0.461 e. The molecule has 0 atom stereocenters. The molecule has 2 amide bonds. The molecular formula is C20H23Cl2N3O3. The van der Waals surface area contributed by atoms with Crippen molar-refractivity contribution in [3.8, 4) is 0 Å². The van der Waals surface area contributed by atoms with E-state index in [0.717, 1.165) is 13.1 Å². The number of nitrogens with one attached hydrogen (secondary N) is 2. The molecule has 150 valence electrons. The van der Waals surface area contributed by atoms with Gasteiger partial charge in [-0.25, -0.2) is 9.59 Å². The Morgan fingerprint density at radius 2 is 1.71 bits per heavy atom. The van der Waals surface area contributed by atoms with Crippen LogP contribution in [0.4, 0.5) is 16.2 Å². The maximum absolute atomic E-state index is 12.4. The fourth-order valence-corrected chi connectivity index (χ4v) is 2.81. The van der Waals surface area contributed by atoms with Crippen LogP contribution < -0.4 is 10.6 Å². The molecule has 0 saturated heterocycles. The van der Waals surface area contributed by atoms with Gasteiger partial charge in [0.1, 0.15) is 6.61 Å². The van der Waals surface area contributed by atoms with Crippen molar-refractivity contribution in [2.75, 3.05) is 36.9 Å². The Balaban J connectivity index is 1.99. The minimum absolute atomic E-state index is 0.282. The minimum atomic E-state index is -0.512. The second-order valence-corrected chi connectivity index (χ2v) is 6.73. The molecule has 0 fully saturated rings. The van der Waals surface area contributed by atoms with Crippen molar-refractivity contribution in [3.05, 3.63) is 58.1 Å². The lowest BCUT2D eigenvalue weighted by molar-refractivity contribution is 0.0467. The number of nitrogens with zero attached hydrogens (tertiary/aromatic N) is 1. The number of hydrogen-bond donors (Lipinski definition) is 2. The molecule has 0 saturated carbocycles. The summed E-state index contributed by atoms with van der Waals surface area (Å²) in [5, 5.41) is 6.03. The van der Waals surface area contributed by atoms with E-state index in [9.17, 15) is 9.59 Å². The third kappa shape index (κ3) is 6.41. The molecule has 0 aliphatic heterocycles. The van der Waals surface area contributed by atoms with E-state index in [-0.39, 0.29) is 12.2 Å². The lowest BCUT2D eigenvalue weighted by Gasteiger charge is -2.18. The van der Waals surface area contributed by atoms with Crippen molar-refractivity contribution >= 4 is 46.6 Å². The molecule has 2 aromatic rings. The molecule has 0 spiro atoms. The summed E-state index contributed by atoms with van der Waals surface area (Å²) in [5.41, 5.74) is 1.12. The van der Waals surface area contributed by atoms with E-state index in [2.05, 4.69) is 29.4 Å². The van der Waals surface area contributed by atoms with E-state index >= 15 is 0 Å². The Morgan fingerprint density at radius 1 is 1.00 bits per heavy atom. The van der Waals surface area contributed by atoms with Crippen LogP contribution in [-0.4, -0.2) is 43.1 Å². The number of hydrogen-bond acceptors (Lipinski definition) is 4. The molecule has 2 rings (SSSR count). The largest absolute Gasteiger partial charge is 0.461 e. The van der Waals surface area contributed by atoms with E-state index in [1.807, 2.05) is 0 Å². The molecule has 2 aromatic carbocycles. The van der Waals surface area contributed by atoms with Crippen LogP contribution >= 0.6 is 23.2 Å². The Hall–Kier alpha value is -2.28. The second-order valence-electron chi connectivity index (χ2n) is 5.92. The van der Waals surface area contributed by atoms with Crippen LogP contribution in [-0.2, 0) is 4.74 Å². The number of likely N-dealkylation sites (N-methyl/N-ethyl adjacent to an activating group) is 1. The van der Waals surface area contributed by atoms with Crippen LogP contribution in [0.5, 0.6) is 0 Å². The third-order valence-electron chi connectivity index (χ3n) is 4.11. The monoisotopic (exact) mass is 423 g/mol. The van der Waals surface area contributed by atoms with Gasteiger partial charge >= 0.3 is 12.0 Å². The summed E-state index contributed by atoms with van der Waals surface area (Å²) < 4.78 is 5.35. The van der Waals surface area contributed by atoms with Crippen LogP contribution in [0.1, 0.15) is 24.2 Å². The molecule has 0 aliphatic carbocycles. The first-order chi connectivity index (χ1) is 13.4. The SMILES string of the molecule is CCN(CC)CCOC(=O)c1ccccc1NC(=O)Nc1ccc(Cl)c(Cl)c1. The molecule has 0 aliphatic rings. The van der Waals surface area contributed by atoms with Crippen molar-refractivity contribution < 1.29 is 14.3 Å². The fraction of sp³-hybridized carbons (Fsp3) is 0.300. The van der Waals surface area contributed by atoms with Gasteiger partial charge in [-0.15, -0.1) is 0 Å². The highest BCUT2D eigenvalue weighted by Gasteiger charge is 2.15. The van der Waals surface area contributed by atoms with E-state index < -0.39 is 12.0 Å².